The SMILES string of the molecule is CCCn1cc(SCC(=O)Nc2ccc(Cl)cc2)c2ccccc21. The third-order valence-electron chi connectivity index (χ3n) is 3.70. The van der Waals surface area contributed by atoms with Crippen LogP contribution >= 0.6 is 23.4 Å². The van der Waals surface area contributed by atoms with Crippen molar-refractivity contribution in [3.05, 3.63) is 59.8 Å². The van der Waals surface area contributed by atoms with Crippen LogP contribution in [0.4, 0.5) is 5.69 Å². The van der Waals surface area contributed by atoms with Crippen molar-refractivity contribution < 1.29 is 4.79 Å². The molecule has 0 radical (unpaired) electrons. The molecule has 5 heteroatoms. The molecule has 24 heavy (non-hydrogen) atoms. The number of thioether (sulfide) groups is 1. The fraction of sp³-hybridized carbons (Fsp3) is 0.211. The number of nitrogens with zero attached hydrogens (tertiary/aromatic N) is 1. The van der Waals surface area contributed by atoms with Crippen LogP contribution in [0.2, 0.25) is 5.02 Å². The van der Waals surface area contributed by atoms with Gasteiger partial charge >= 0.3 is 0 Å². The molecule has 0 saturated heterocycles. The van der Waals surface area contributed by atoms with Gasteiger partial charge in [-0.25, -0.2) is 0 Å². The van der Waals surface area contributed by atoms with E-state index in [2.05, 4.69) is 41.2 Å². The molecular formula is C19H19ClN2OS. The van der Waals surface area contributed by atoms with E-state index < -0.39 is 0 Å². The molecule has 0 aliphatic carbocycles. The summed E-state index contributed by atoms with van der Waals surface area (Å²) < 4.78 is 2.26. The lowest BCUT2D eigenvalue weighted by Crippen LogP contribution is -2.13. The smallest absolute Gasteiger partial charge is 0.234 e. The minimum absolute atomic E-state index is 0.0188. The first-order chi connectivity index (χ1) is 11.7. The van der Waals surface area contributed by atoms with Gasteiger partial charge in [0.15, 0.2) is 0 Å². The molecule has 1 N–H and O–H groups in total. The van der Waals surface area contributed by atoms with E-state index in [0.29, 0.717) is 10.8 Å². The third-order valence-corrected chi connectivity index (χ3v) is 5.00. The number of aryl methyl sites for hydroxylation is 1. The predicted molar refractivity (Wildman–Crippen MR) is 103 cm³/mol. The van der Waals surface area contributed by atoms with E-state index in [4.69, 9.17) is 11.6 Å². The standard InChI is InChI=1S/C19H19ClN2OS/c1-2-11-22-12-18(16-5-3-4-6-17(16)22)24-13-19(23)21-15-9-7-14(20)8-10-15/h3-10,12H,2,11,13H2,1H3,(H,21,23). The molecule has 0 unspecified atom stereocenters. The van der Waals surface area contributed by atoms with Gasteiger partial charge in [-0.05, 0) is 36.8 Å². The van der Waals surface area contributed by atoms with E-state index in [-0.39, 0.29) is 5.91 Å². The Morgan fingerprint density at radius 2 is 1.92 bits per heavy atom. The van der Waals surface area contributed by atoms with Crippen molar-refractivity contribution >= 4 is 45.9 Å². The highest BCUT2D eigenvalue weighted by Gasteiger charge is 2.10. The van der Waals surface area contributed by atoms with Crippen LogP contribution < -0.4 is 5.32 Å². The molecule has 1 amide bonds. The second-order valence-corrected chi connectivity index (χ2v) is 7.00. The summed E-state index contributed by atoms with van der Waals surface area (Å²) in [5.41, 5.74) is 1.98. The van der Waals surface area contributed by atoms with Crippen molar-refractivity contribution in [2.75, 3.05) is 11.1 Å². The van der Waals surface area contributed by atoms with Gasteiger partial charge < -0.3 is 9.88 Å². The fourth-order valence-electron chi connectivity index (χ4n) is 2.63. The van der Waals surface area contributed by atoms with Gasteiger partial charge in [0.05, 0.1) is 5.75 Å². The van der Waals surface area contributed by atoms with Gasteiger partial charge in [-0.3, -0.25) is 4.79 Å². The number of para-hydroxylation sites is 1. The fourth-order valence-corrected chi connectivity index (χ4v) is 3.64. The number of hydrogen-bond acceptors (Lipinski definition) is 2. The number of halogens is 1. The third kappa shape index (κ3) is 3.94. The molecule has 2 aromatic carbocycles. The maximum Gasteiger partial charge on any atom is 0.234 e. The molecule has 1 aromatic heterocycles. The van der Waals surface area contributed by atoms with Gasteiger partial charge in [0.25, 0.3) is 0 Å². The molecule has 0 fully saturated rings. The molecule has 3 nitrogen and oxygen atoms in total. The topological polar surface area (TPSA) is 34.0 Å². The van der Waals surface area contributed by atoms with Crippen LogP contribution in [-0.2, 0) is 11.3 Å². The first-order valence-electron chi connectivity index (χ1n) is 7.93. The quantitative estimate of drug-likeness (QED) is 0.595. The number of fused-ring (bicyclic) bond motifs is 1. The van der Waals surface area contributed by atoms with E-state index >= 15 is 0 Å². The van der Waals surface area contributed by atoms with Crippen molar-refractivity contribution in [3.63, 3.8) is 0 Å². The summed E-state index contributed by atoms with van der Waals surface area (Å²) in [5, 5.41) is 4.76. The number of carbonyl (C=O) groups is 1. The first kappa shape index (κ1) is 16.9. The van der Waals surface area contributed by atoms with Crippen LogP contribution in [0.25, 0.3) is 10.9 Å². The highest BCUT2D eigenvalue weighted by Crippen LogP contribution is 2.30. The minimum atomic E-state index is -0.0188. The normalized spacial score (nSPS) is 10.9. The van der Waals surface area contributed by atoms with Crippen molar-refractivity contribution in [1.82, 2.24) is 4.57 Å². The zero-order valence-corrected chi connectivity index (χ0v) is 15.0. The number of anilines is 1. The summed E-state index contributed by atoms with van der Waals surface area (Å²) in [6, 6.07) is 15.5. The molecule has 3 rings (SSSR count). The summed E-state index contributed by atoms with van der Waals surface area (Å²) in [6.45, 7) is 3.15. The molecule has 0 bridgehead atoms. The van der Waals surface area contributed by atoms with Crippen molar-refractivity contribution in [1.29, 1.82) is 0 Å². The molecule has 1 heterocycles. The Labute approximate surface area is 151 Å². The summed E-state index contributed by atoms with van der Waals surface area (Å²) in [7, 11) is 0. The van der Waals surface area contributed by atoms with Gasteiger partial charge in [0.1, 0.15) is 0 Å². The van der Waals surface area contributed by atoms with Crippen molar-refractivity contribution in [3.8, 4) is 0 Å². The number of benzene rings is 2. The van der Waals surface area contributed by atoms with Crippen molar-refractivity contribution in [2.45, 2.75) is 24.8 Å². The molecule has 0 atom stereocenters. The van der Waals surface area contributed by atoms with Gasteiger partial charge in [0, 0.05) is 39.3 Å². The van der Waals surface area contributed by atoms with E-state index in [1.165, 1.54) is 10.9 Å². The second kappa shape index (κ2) is 7.77. The maximum absolute atomic E-state index is 12.2. The second-order valence-electron chi connectivity index (χ2n) is 5.55. The summed E-state index contributed by atoms with van der Waals surface area (Å²) in [6.07, 6.45) is 3.23. The predicted octanol–water partition coefficient (Wildman–Crippen LogP) is 5.44. The largest absolute Gasteiger partial charge is 0.346 e. The van der Waals surface area contributed by atoms with Crippen LogP contribution in [0.1, 0.15) is 13.3 Å². The van der Waals surface area contributed by atoms with Gasteiger partial charge in [-0.15, -0.1) is 11.8 Å². The number of rotatable bonds is 6. The lowest BCUT2D eigenvalue weighted by molar-refractivity contribution is -0.113. The van der Waals surface area contributed by atoms with E-state index in [1.807, 2.05) is 6.07 Å². The van der Waals surface area contributed by atoms with Gasteiger partial charge in [0.2, 0.25) is 5.91 Å². The van der Waals surface area contributed by atoms with Crippen LogP contribution in [0, 0.1) is 0 Å². The minimum Gasteiger partial charge on any atom is -0.346 e. The molecule has 124 valence electrons. The Hall–Kier alpha value is -1.91. The number of carbonyl (C=O) groups excluding carboxylic acids is 1. The molecule has 0 spiro atoms. The molecule has 0 aliphatic rings. The van der Waals surface area contributed by atoms with E-state index in [0.717, 1.165) is 23.5 Å². The van der Waals surface area contributed by atoms with Crippen molar-refractivity contribution in [2.24, 2.45) is 0 Å². The Balaban J connectivity index is 1.69. The number of nitrogens with one attached hydrogen (secondary N) is 1. The van der Waals surface area contributed by atoms with Crippen LogP contribution in [0.15, 0.2) is 59.6 Å². The Kier molecular flexibility index (Phi) is 5.48. The maximum atomic E-state index is 12.2. The van der Waals surface area contributed by atoms with E-state index in [9.17, 15) is 4.79 Å². The number of hydrogen-bond donors (Lipinski definition) is 1. The van der Waals surface area contributed by atoms with Gasteiger partial charge in [-0.2, -0.15) is 0 Å². The Bertz CT molecular complexity index is 842. The zero-order chi connectivity index (χ0) is 16.9. The molecular weight excluding hydrogens is 340 g/mol. The summed E-state index contributed by atoms with van der Waals surface area (Å²) in [5.74, 6) is 0.359. The lowest BCUT2D eigenvalue weighted by Gasteiger charge is -2.04. The molecule has 3 aromatic rings. The first-order valence-corrected chi connectivity index (χ1v) is 9.30. The average molecular weight is 359 g/mol. The molecule has 0 aliphatic heterocycles. The molecule has 0 saturated carbocycles. The number of amides is 1. The Morgan fingerprint density at radius 1 is 1.17 bits per heavy atom. The van der Waals surface area contributed by atoms with Crippen LogP contribution in [0.3, 0.4) is 0 Å². The highest BCUT2D eigenvalue weighted by molar-refractivity contribution is 8.00. The monoisotopic (exact) mass is 358 g/mol. The zero-order valence-electron chi connectivity index (χ0n) is 13.5. The van der Waals surface area contributed by atoms with Crippen LogP contribution in [0.5, 0.6) is 0 Å². The summed E-state index contributed by atoms with van der Waals surface area (Å²) in [4.78, 5) is 13.3. The highest BCUT2D eigenvalue weighted by atomic mass is 35.5. The van der Waals surface area contributed by atoms with Gasteiger partial charge in [-0.1, -0.05) is 36.7 Å². The average Bonchev–Trinajstić information content (AvgIpc) is 2.94. The lowest BCUT2D eigenvalue weighted by atomic mass is 10.2. The van der Waals surface area contributed by atoms with Crippen LogP contribution in [-0.4, -0.2) is 16.2 Å². The Morgan fingerprint density at radius 3 is 2.67 bits per heavy atom. The summed E-state index contributed by atoms with van der Waals surface area (Å²) >= 11 is 7.42. The number of aromatic nitrogens is 1. The van der Waals surface area contributed by atoms with E-state index in [1.54, 1.807) is 36.0 Å².